The summed E-state index contributed by atoms with van der Waals surface area (Å²) in [6.07, 6.45) is 3.89. The van der Waals surface area contributed by atoms with Crippen molar-refractivity contribution in [3.63, 3.8) is 0 Å². The van der Waals surface area contributed by atoms with Gasteiger partial charge in [-0.15, -0.1) is 0 Å². The fourth-order valence-electron chi connectivity index (χ4n) is 3.09. The highest BCUT2D eigenvalue weighted by molar-refractivity contribution is 5.94. The standard InChI is InChI=1S/C19H26N6O3/c1-28-12-2-7-21-18(26)13-23-8-10-24(11-9-23)19(27)16-3-5-17(6-4-16)25-15-20-14-22-25/h3-6,14-15H,2,7-13H2,1H3,(H,21,26). The Hall–Kier alpha value is -2.78. The van der Waals surface area contributed by atoms with Gasteiger partial charge in [0.25, 0.3) is 5.91 Å². The number of rotatable bonds is 8. The Morgan fingerprint density at radius 2 is 1.89 bits per heavy atom. The topological polar surface area (TPSA) is 92.6 Å². The fourth-order valence-corrected chi connectivity index (χ4v) is 3.09. The monoisotopic (exact) mass is 386 g/mol. The summed E-state index contributed by atoms with van der Waals surface area (Å²) >= 11 is 0. The number of benzene rings is 1. The van der Waals surface area contributed by atoms with Gasteiger partial charge in [0, 0.05) is 52.0 Å². The van der Waals surface area contributed by atoms with Crippen LogP contribution < -0.4 is 5.32 Å². The maximum absolute atomic E-state index is 12.7. The lowest BCUT2D eigenvalue weighted by Gasteiger charge is -2.34. The number of ether oxygens (including phenoxy) is 1. The Morgan fingerprint density at radius 3 is 2.54 bits per heavy atom. The van der Waals surface area contributed by atoms with E-state index >= 15 is 0 Å². The van der Waals surface area contributed by atoms with Gasteiger partial charge in [-0.3, -0.25) is 14.5 Å². The summed E-state index contributed by atoms with van der Waals surface area (Å²) < 4.78 is 6.61. The molecule has 1 saturated heterocycles. The van der Waals surface area contributed by atoms with E-state index in [0.717, 1.165) is 12.1 Å². The minimum absolute atomic E-state index is 0.00816. The van der Waals surface area contributed by atoms with Crippen molar-refractivity contribution in [2.45, 2.75) is 6.42 Å². The van der Waals surface area contributed by atoms with Crippen molar-refractivity contribution >= 4 is 11.8 Å². The van der Waals surface area contributed by atoms with Gasteiger partial charge in [0.2, 0.25) is 5.91 Å². The number of hydrogen-bond donors (Lipinski definition) is 1. The van der Waals surface area contributed by atoms with Gasteiger partial charge >= 0.3 is 0 Å². The Labute approximate surface area is 164 Å². The van der Waals surface area contributed by atoms with Crippen LogP contribution in [0, 0.1) is 0 Å². The zero-order valence-corrected chi connectivity index (χ0v) is 16.1. The van der Waals surface area contributed by atoms with E-state index in [2.05, 4.69) is 20.3 Å². The lowest BCUT2D eigenvalue weighted by atomic mass is 10.1. The van der Waals surface area contributed by atoms with Gasteiger partial charge in [-0.2, -0.15) is 5.10 Å². The van der Waals surface area contributed by atoms with Crippen LogP contribution >= 0.6 is 0 Å². The highest BCUT2D eigenvalue weighted by atomic mass is 16.5. The van der Waals surface area contributed by atoms with Gasteiger partial charge < -0.3 is 15.0 Å². The van der Waals surface area contributed by atoms with Crippen LogP contribution in [0.15, 0.2) is 36.9 Å². The van der Waals surface area contributed by atoms with E-state index in [1.807, 2.05) is 17.0 Å². The molecule has 0 radical (unpaired) electrons. The Kier molecular flexibility index (Phi) is 7.10. The first-order valence-electron chi connectivity index (χ1n) is 9.39. The van der Waals surface area contributed by atoms with Crippen LogP contribution in [0.4, 0.5) is 0 Å². The summed E-state index contributed by atoms with van der Waals surface area (Å²) in [5, 5.41) is 6.97. The van der Waals surface area contributed by atoms with Crippen LogP contribution in [0.3, 0.4) is 0 Å². The number of carbonyl (C=O) groups excluding carboxylic acids is 2. The molecule has 0 unspecified atom stereocenters. The van der Waals surface area contributed by atoms with E-state index in [1.54, 1.807) is 30.3 Å². The molecule has 3 rings (SSSR count). The van der Waals surface area contributed by atoms with Crippen molar-refractivity contribution in [3.8, 4) is 5.69 Å². The molecular formula is C19H26N6O3. The van der Waals surface area contributed by atoms with Crippen LogP contribution in [0.25, 0.3) is 5.69 Å². The van der Waals surface area contributed by atoms with E-state index < -0.39 is 0 Å². The fraction of sp³-hybridized carbons (Fsp3) is 0.474. The van der Waals surface area contributed by atoms with Crippen molar-refractivity contribution in [2.75, 3.05) is 53.0 Å². The molecule has 1 aromatic carbocycles. The molecule has 150 valence electrons. The summed E-state index contributed by atoms with van der Waals surface area (Å²) in [6.45, 7) is 4.22. The van der Waals surface area contributed by atoms with Gasteiger partial charge in [-0.05, 0) is 30.7 Å². The second kappa shape index (κ2) is 9.95. The molecule has 1 aliphatic heterocycles. The SMILES string of the molecule is COCCCNC(=O)CN1CCN(C(=O)c2ccc(-n3cncn3)cc2)CC1. The van der Waals surface area contributed by atoms with E-state index in [1.165, 1.54) is 6.33 Å². The van der Waals surface area contributed by atoms with Crippen LogP contribution in [0.2, 0.25) is 0 Å². The highest BCUT2D eigenvalue weighted by Gasteiger charge is 2.23. The number of hydrogen-bond acceptors (Lipinski definition) is 6. The maximum atomic E-state index is 12.7. The van der Waals surface area contributed by atoms with Gasteiger partial charge in [0.1, 0.15) is 12.7 Å². The van der Waals surface area contributed by atoms with Crippen molar-refractivity contribution in [1.29, 1.82) is 0 Å². The van der Waals surface area contributed by atoms with E-state index in [0.29, 0.717) is 51.4 Å². The summed E-state index contributed by atoms with van der Waals surface area (Å²) in [5.74, 6) is 0.0217. The summed E-state index contributed by atoms with van der Waals surface area (Å²) in [5.41, 5.74) is 1.50. The molecule has 2 aromatic rings. The second-order valence-corrected chi connectivity index (χ2v) is 6.65. The molecule has 2 amide bonds. The van der Waals surface area contributed by atoms with Gasteiger partial charge in [0.05, 0.1) is 12.2 Å². The zero-order chi connectivity index (χ0) is 19.8. The third kappa shape index (κ3) is 5.37. The molecule has 1 N–H and O–H groups in total. The largest absolute Gasteiger partial charge is 0.385 e. The summed E-state index contributed by atoms with van der Waals surface area (Å²) in [6, 6.07) is 7.32. The molecule has 0 atom stereocenters. The minimum atomic E-state index is 0.00816. The van der Waals surface area contributed by atoms with Crippen molar-refractivity contribution in [1.82, 2.24) is 29.9 Å². The first kappa shape index (κ1) is 20.0. The molecule has 28 heavy (non-hydrogen) atoms. The first-order valence-corrected chi connectivity index (χ1v) is 9.39. The molecule has 1 aliphatic rings. The molecule has 0 bridgehead atoms. The number of nitrogens with zero attached hydrogens (tertiary/aromatic N) is 5. The molecule has 1 fully saturated rings. The third-order valence-corrected chi connectivity index (χ3v) is 4.67. The Balaban J connectivity index is 1.44. The molecule has 9 heteroatoms. The first-order chi connectivity index (χ1) is 13.7. The number of nitrogens with one attached hydrogen (secondary N) is 1. The summed E-state index contributed by atoms with van der Waals surface area (Å²) in [4.78, 5) is 32.5. The zero-order valence-electron chi connectivity index (χ0n) is 16.1. The smallest absolute Gasteiger partial charge is 0.253 e. The van der Waals surface area contributed by atoms with E-state index in [4.69, 9.17) is 4.74 Å². The second-order valence-electron chi connectivity index (χ2n) is 6.65. The molecule has 0 spiro atoms. The number of piperazine rings is 1. The van der Waals surface area contributed by atoms with Gasteiger partial charge in [-0.1, -0.05) is 0 Å². The predicted octanol–water partition coefficient (Wildman–Crippen LogP) is 0.178. The van der Waals surface area contributed by atoms with Crippen molar-refractivity contribution in [2.24, 2.45) is 0 Å². The normalized spacial score (nSPS) is 14.8. The highest BCUT2D eigenvalue weighted by Crippen LogP contribution is 2.12. The quantitative estimate of drug-likeness (QED) is 0.651. The lowest BCUT2D eigenvalue weighted by Crippen LogP contribution is -2.51. The van der Waals surface area contributed by atoms with Crippen LogP contribution in [-0.2, 0) is 9.53 Å². The Morgan fingerprint density at radius 1 is 1.14 bits per heavy atom. The number of carbonyl (C=O) groups is 2. The molecular weight excluding hydrogens is 360 g/mol. The van der Waals surface area contributed by atoms with E-state index in [9.17, 15) is 9.59 Å². The lowest BCUT2D eigenvalue weighted by molar-refractivity contribution is -0.122. The van der Waals surface area contributed by atoms with Crippen molar-refractivity contribution in [3.05, 3.63) is 42.5 Å². The van der Waals surface area contributed by atoms with Crippen LogP contribution in [-0.4, -0.2) is 89.4 Å². The average molecular weight is 386 g/mol. The van der Waals surface area contributed by atoms with Gasteiger partial charge in [0.15, 0.2) is 0 Å². The average Bonchev–Trinajstić information content (AvgIpc) is 3.26. The number of aromatic nitrogens is 3. The van der Waals surface area contributed by atoms with Gasteiger partial charge in [-0.25, -0.2) is 9.67 Å². The van der Waals surface area contributed by atoms with Crippen molar-refractivity contribution < 1.29 is 14.3 Å². The molecule has 0 saturated carbocycles. The third-order valence-electron chi connectivity index (χ3n) is 4.67. The Bertz CT molecular complexity index is 754. The van der Waals surface area contributed by atoms with Crippen LogP contribution in [0.5, 0.6) is 0 Å². The number of amides is 2. The maximum Gasteiger partial charge on any atom is 0.253 e. The number of methoxy groups -OCH3 is 1. The summed E-state index contributed by atoms with van der Waals surface area (Å²) in [7, 11) is 1.65. The van der Waals surface area contributed by atoms with Crippen LogP contribution in [0.1, 0.15) is 16.8 Å². The predicted molar refractivity (Wildman–Crippen MR) is 103 cm³/mol. The minimum Gasteiger partial charge on any atom is -0.385 e. The molecule has 1 aromatic heterocycles. The van der Waals surface area contributed by atoms with E-state index in [-0.39, 0.29) is 11.8 Å². The molecule has 9 nitrogen and oxygen atoms in total. The molecule has 2 heterocycles. The molecule has 0 aliphatic carbocycles.